The summed E-state index contributed by atoms with van der Waals surface area (Å²) in [5.74, 6) is -0.250. The fraction of sp³-hybridized carbons (Fsp3) is 0.538. The predicted octanol–water partition coefficient (Wildman–Crippen LogP) is 2.32. The molecule has 0 aromatic carbocycles. The minimum atomic E-state index is -0.558. The van der Waals surface area contributed by atoms with Crippen LogP contribution in [0.3, 0.4) is 0 Å². The zero-order valence-electron chi connectivity index (χ0n) is 10.9. The third-order valence-corrected chi connectivity index (χ3v) is 5.85. The first-order valence-corrected chi connectivity index (χ1v) is 8.01. The molecule has 0 spiro atoms. The Morgan fingerprint density at radius 2 is 2.47 bits per heavy atom. The van der Waals surface area contributed by atoms with E-state index >= 15 is 0 Å². The van der Waals surface area contributed by atoms with E-state index in [4.69, 9.17) is 5.73 Å². The first kappa shape index (κ1) is 14.8. The zero-order valence-corrected chi connectivity index (χ0v) is 13.3. The minimum absolute atomic E-state index is 0.250. The smallest absolute Gasteiger partial charge is 0.237 e. The van der Waals surface area contributed by atoms with Crippen LogP contribution in [0.2, 0.25) is 0 Å². The van der Waals surface area contributed by atoms with Crippen LogP contribution in [-0.4, -0.2) is 28.7 Å². The number of aromatic nitrogens is 1. The molecular formula is C13H18BrN3OS. The van der Waals surface area contributed by atoms with Crippen LogP contribution in [0.5, 0.6) is 0 Å². The van der Waals surface area contributed by atoms with Gasteiger partial charge in [-0.2, -0.15) is 0 Å². The van der Waals surface area contributed by atoms with Crippen molar-refractivity contribution >= 4 is 33.6 Å². The van der Waals surface area contributed by atoms with Crippen LogP contribution >= 0.6 is 27.7 Å². The second-order valence-electron chi connectivity index (χ2n) is 4.82. The summed E-state index contributed by atoms with van der Waals surface area (Å²) in [6.45, 7) is 0. The van der Waals surface area contributed by atoms with Gasteiger partial charge in [-0.1, -0.05) is 0 Å². The fourth-order valence-corrected chi connectivity index (χ4v) is 4.32. The van der Waals surface area contributed by atoms with E-state index in [2.05, 4.69) is 26.2 Å². The van der Waals surface area contributed by atoms with Gasteiger partial charge in [-0.3, -0.25) is 4.79 Å². The molecule has 0 aliphatic heterocycles. The molecule has 1 aromatic heterocycles. The van der Waals surface area contributed by atoms with Crippen LogP contribution in [0.25, 0.3) is 0 Å². The third-order valence-electron chi connectivity index (χ3n) is 3.66. The fourth-order valence-electron chi connectivity index (χ4n) is 2.51. The summed E-state index contributed by atoms with van der Waals surface area (Å²) in [7, 11) is 1.81. The molecule has 2 rings (SSSR count). The molecule has 1 aliphatic rings. The number of rotatable bonds is 4. The highest BCUT2D eigenvalue weighted by atomic mass is 79.9. The highest BCUT2D eigenvalue weighted by molar-refractivity contribution is 9.10. The Morgan fingerprint density at radius 3 is 3.11 bits per heavy atom. The first-order valence-electron chi connectivity index (χ1n) is 6.33. The summed E-state index contributed by atoms with van der Waals surface area (Å²) in [5, 5.41) is 4.46. The average molecular weight is 344 g/mol. The van der Waals surface area contributed by atoms with Gasteiger partial charge >= 0.3 is 0 Å². The number of thioether (sulfide) groups is 1. The molecule has 0 radical (unpaired) electrons. The highest BCUT2D eigenvalue weighted by Crippen LogP contribution is 2.39. The lowest BCUT2D eigenvalue weighted by Gasteiger charge is -2.38. The van der Waals surface area contributed by atoms with Crippen molar-refractivity contribution in [2.24, 2.45) is 5.73 Å². The van der Waals surface area contributed by atoms with Crippen molar-refractivity contribution in [3.8, 4) is 0 Å². The van der Waals surface area contributed by atoms with Gasteiger partial charge in [-0.05, 0) is 60.8 Å². The van der Waals surface area contributed by atoms with E-state index in [1.165, 1.54) is 0 Å². The number of hydrogen-bond donors (Lipinski definition) is 2. The van der Waals surface area contributed by atoms with Gasteiger partial charge in [0.1, 0.15) is 5.03 Å². The number of amides is 1. The first-order chi connectivity index (χ1) is 9.07. The van der Waals surface area contributed by atoms with Crippen LogP contribution in [0.15, 0.2) is 27.8 Å². The van der Waals surface area contributed by atoms with Gasteiger partial charge in [0.25, 0.3) is 0 Å². The summed E-state index contributed by atoms with van der Waals surface area (Å²) in [5.41, 5.74) is 5.00. The number of carbonyl (C=O) groups is 1. The van der Waals surface area contributed by atoms with Crippen molar-refractivity contribution in [2.45, 2.75) is 41.5 Å². The second kappa shape index (κ2) is 6.24. The Bertz CT molecular complexity index is 471. The Morgan fingerprint density at radius 1 is 1.68 bits per heavy atom. The molecule has 0 saturated heterocycles. The van der Waals surface area contributed by atoms with Crippen molar-refractivity contribution < 1.29 is 4.79 Å². The van der Waals surface area contributed by atoms with Gasteiger partial charge < -0.3 is 11.1 Å². The number of nitrogens with one attached hydrogen (secondary N) is 1. The molecule has 104 valence electrons. The minimum Gasteiger partial charge on any atom is -0.368 e. The van der Waals surface area contributed by atoms with E-state index in [0.29, 0.717) is 5.25 Å². The second-order valence-corrected chi connectivity index (χ2v) is 6.97. The molecule has 6 heteroatoms. The lowest BCUT2D eigenvalue weighted by Crippen LogP contribution is -2.57. The van der Waals surface area contributed by atoms with Gasteiger partial charge in [0, 0.05) is 15.9 Å². The largest absolute Gasteiger partial charge is 0.368 e. The quantitative estimate of drug-likeness (QED) is 0.880. The van der Waals surface area contributed by atoms with E-state index in [1.54, 1.807) is 18.0 Å². The number of halogens is 1. The van der Waals surface area contributed by atoms with Crippen LogP contribution < -0.4 is 11.1 Å². The summed E-state index contributed by atoms with van der Waals surface area (Å²) in [6.07, 6.45) is 5.46. The van der Waals surface area contributed by atoms with Crippen molar-refractivity contribution in [3.05, 3.63) is 22.8 Å². The molecule has 19 heavy (non-hydrogen) atoms. The monoisotopic (exact) mass is 343 g/mol. The van der Waals surface area contributed by atoms with E-state index in [1.807, 2.05) is 19.2 Å². The maximum Gasteiger partial charge on any atom is 0.237 e. The number of hydrogen-bond acceptors (Lipinski definition) is 4. The number of primary amides is 1. The molecule has 1 heterocycles. The van der Waals surface area contributed by atoms with Gasteiger partial charge in [0.2, 0.25) is 5.91 Å². The van der Waals surface area contributed by atoms with Crippen LogP contribution in [0.4, 0.5) is 0 Å². The number of nitrogens with zero attached hydrogens (tertiary/aromatic N) is 1. The molecule has 4 nitrogen and oxygen atoms in total. The molecule has 2 atom stereocenters. The average Bonchev–Trinajstić information content (AvgIpc) is 2.41. The summed E-state index contributed by atoms with van der Waals surface area (Å²) < 4.78 is 1.000. The Balaban J connectivity index is 2.10. The van der Waals surface area contributed by atoms with Crippen molar-refractivity contribution in [2.75, 3.05) is 7.05 Å². The maximum absolute atomic E-state index is 11.7. The van der Waals surface area contributed by atoms with Gasteiger partial charge in [0.15, 0.2) is 0 Å². The number of pyridine rings is 1. The van der Waals surface area contributed by atoms with E-state index < -0.39 is 5.54 Å². The Hall–Kier alpha value is -0.590. The van der Waals surface area contributed by atoms with Crippen LogP contribution in [0, 0.1) is 0 Å². The van der Waals surface area contributed by atoms with Gasteiger partial charge in [-0.25, -0.2) is 4.98 Å². The van der Waals surface area contributed by atoms with Gasteiger partial charge in [0.05, 0.1) is 5.54 Å². The number of nitrogens with two attached hydrogens (primary N) is 1. The zero-order chi connectivity index (χ0) is 13.9. The van der Waals surface area contributed by atoms with Crippen LogP contribution in [0.1, 0.15) is 25.7 Å². The predicted molar refractivity (Wildman–Crippen MR) is 81.0 cm³/mol. The summed E-state index contributed by atoms with van der Waals surface area (Å²) in [6, 6.07) is 3.88. The van der Waals surface area contributed by atoms with Crippen molar-refractivity contribution in [1.82, 2.24) is 10.3 Å². The van der Waals surface area contributed by atoms with Gasteiger partial charge in [-0.15, -0.1) is 11.8 Å². The molecule has 1 aromatic rings. The van der Waals surface area contributed by atoms with E-state index in [0.717, 1.165) is 35.2 Å². The standard InChI is InChI=1S/C13H18BrN3OS/c1-16-13(12(15)18)6-2-4-9(8-13)19-11-10(14)5-3-7-17-11/h3,5,7,9,16H,2,4,6,8H2,1H3,(H2,15,18). The maximum atomic E-state index is 11.7. The molecule has 0 bridgehead atoms. The van der Waals surface area contributed by atoms with E-state index in [-0.39, 0.29) is 5.91 Å². The summed E-state index contributed by atoms with van der Waals surface area (Å²) in [4.78, 5) is 16.1. The van der Waals surface area contributed by atoms with Crippen LogP contribution in [-0.2, 0) is 4.79 Å². The third kappa shape index (κ3) is 3.30. The van der Waals surface area contributed by atoms with Crippen molar-refractivity contribution in [3.63, 3.8) is 0 Å². The normalized spacial score (nSPS) is 27.2. The number of likely N-dealkylation sites (N-methyl/N-ethyl adjacent to an activating group) is 1. The number of carbonyl (C=O) groups excluding carboxylic acids is 1. The topological polar surface area (TPSA) is 68.0 Å². The Kier molecular flexibility index (Phi) is 4.86. The lowest BCUT2D eigenvalue weighted by molar-refractivity contribution is -0.125. The molecule has 1 saturated carbocycles. The van der Waals surface area contributed by atoms with Crippen molar-refractivity contribution in [1.29, 1.82) is 0 Å². The molecule has 1 fully saturated rings. The highest BCUT2D eigenvalue weighted by Gasteiger charge is 2.40. The Labute approximate surface area is 126 Å². The molecule has 3 N–H and O–H groups in total. The molecule has 2 unspecified atom stereocenters. The lowest BCUT2D eigenvalue weighted by atomic mass is 9.81. The molecule has 1 aliphatic carbocycles. The van der Waals surface area contributed by atoms with E-state index in [9.17, 15) is 4.79 Å². The molecule has 1 amide bonds. The molecular weight excluding hydrogens is 326 g/mol. The SMILES string of the molecule is CNC1(C(N)=O)CCCC(Sc2ncccc2Br)C1. The summed E-state index contributed by atoms with van der Waals surface area (Å²) >= 11 is 5.23.